The molecule has 23 heavy (non-hydrogen) atoms. The zero-order valence-corrected chi connectivity index (χ0v) is 13.9. The summed E-state index contributed by atoms with van der Waals surface area (Å²) >= 11 is 0. The van der Waals surface area contributed by atoms with Crippen LogP contribution in [-0.4, -0.2) is 40.6 Å². The van der Waals surface area contributed by atoms with Crippen molar-refractivity contribution in [2.24, 2.45) is 5.92 Å². The predicted octanol–water partition coefficient (Wildman–Crippen LogP) is 1.33. The Morgan fingerprint density at radius 2 is 2.26 bits per heavy atom. The van der Waals surface area contributed by atoms with Gasteiger partial charge in [-0.05, 0) is 42.5 Å². The fraction of sp³-hybridized carbons (Fsp3) is 0.467. The maximum atomic E-state index is 12.4. The normalized spacial score (nSPS) is 19.8. The minimum atomic E-state index is -3.44. The van der Waals surface area contributed by atoms with Crippen LogP contribution in [0.15, 0.2) is 36.8 Å². The van der Waals surface area contributed by atoms with Crippen molar-refractivity contribution >= 4 is 10.2 Å². The number of nitrogens with one attached hydrogen (secondary N) is 1. The van der Waals surface area contributed by atoms with Gasteiger partial charge in [-0.2, -0.15) is 22.5 Å². The van der Waals surface area contributed by atoms with Crippen LogP contribution in [0, 0.1) is 5.92 Å². The van der Waals surface area contributed by atoms with Crippen LogP contribution in [0.3, 0.4) is 0 Å². The third-order valence-electron chi connectivity index (χ3n) is 3.97. The molecule has 0 aromatic carbocycles. The molecule has 0 spiro atoms. The maximum Gasteiger partial charge on any atom is 0.279 e. The van der Waals surface area contributed by atoms with Gasteiger partial charge in [0.1, 0.15) is 0 Å². The lowest BCUT2D eigenvalue weighted by atomic mass is 10.0. The third kappa shape index (κ3) is 3.95. The van der Waals surface area contributed by atoms with Crippen LogP contribution in [0.25, 0.3) is 5.82 Å². The highest BCUT2D eigenvalue weighted by Gasteiger charge is 2.26. The molecule has 1 aliphatic rings. The Morgan fingerprint density at radius 1 is 1.39 bits per heavy atom. The smallest absolute Gasteiger partial charge is 0.237 e. The molecule has 3 heterocycles. The van der Waals surface area contributed by atoms with Crippen molar-refractivity contribution in [3.8, 4) is 5.82 Å². The Balaban J connectivity index is 1.67. The molecule has 1 N–H and O–H groups in total. The van der Waals surface area contributed by atoms with E-state index in [9.17, 15) is 8.42 Å². The Bertz CT molecular complexity index is 745. The van der Waals surface area contributed by atoms with E-state index in [1.807, 2.05) is 12.1 Å². The van der Waals surface area contributed by atoms with Crippen molar-refractivity contribution < 1.29 is 8.42 Å². The average molecular weight is 335 g/mol. The molecule has 7 nitrogen and oxygen atoms in total. The Morgan fingerprint density at radius 3 is 3.00 bits per heavy atom. The molecule has 2 aromatic rings. The predicted molar refractivity (Wildman–Crippen MR) is 87.1 cm³/mol. The number of nitrogens with zero attached hydrogens (tertiary/aromatic N) is 4. The van der Waals surface area contributed by atoms with Crippen molar-refractivity contribution in [3.05, 3.63) is 42.4 Å². The van der Waals surface area contributed by atoms with Gasteiger partial charge < -0.3 is 0 Å². The second kappa shape index (κ2) is 6.77. The van der Waals surface area contributed by atoms with Gasteiger partial charge in [-0.15, -0.1) is 0 Å². The van der Waals surface area contributed by atoms with Crippen molar-refractivity contribution in [2.45, 2.75) is 26.3 Å². The molecule has 1 atom stereocenters. The van der Waals surface area contributed by atoms with Crippen LogP contribution >= 0.6 is 0 Å². The number of rotatable bonds is 5. The largest absolute Gasteiger partial charge is 0.279 e. The number of aromatic nitrogens is 3. The van der Waals surface area contributed by atoms with E-state index in [1.54, 1.807) is 29.3 Å². The SMILES string of the molecule is C[C@H]1CCCN(S(=O)(=O)NCc2ccnc(-n3cccn3)c2)C1. The first kappa shape index (κ1) is 16.1. The maximum absolute atomic E-state index is 12.4. The van der Waals surface area contributed by atoms with E-state index in [0.29, 0.717) is 24.8 Å². The molecular weight excluding hydrogens is 314 g/mol. The Kier molecular flexibility index (Phi) is 4.74. The van der Waals surface area contributed by atoms with E-state index in [4.69, 9.17) is 0 Å². The van der Waals surface area contributed by atoms with Gasteiger partial charge in [-0.1, -0.05) is 6.92 Å². The lowest BCUT2D eigenvalue weighted by Gasteiger charge is -2.30. The molecule has 0 saturated carbocycles. The highest BCUT2D eigenvalue weighted by atomic mass is 32.2. The van der Waals surface area contributed by atoms with Crippen molar-refractivity contribution in [3.63, 3.8) is 0 Å². The molecule has 8 heteroatoms. The van der Waals surface area contributed by atoms with Gasteiger partial charge in [0.15, 0.2) is 5.82 Å². The molecule has 0 unspecified atom stereocenters. The van der Waals surface area contributed by atoms with E-state index in [2.05, 4.69) is 21.7 Å². The highest BCUT2D eigenvalue weighted by molar-refractivity contribution is 7.87. The molecule has 1 fully saturated rings. The van der Waals surface area contributed by atoms with Crippen LogP contribution < -0.4 is 4.72 Å². The monoisotopic (exact) mass is 335 g/mol. The first-order chi connectivity index (χ1) is 11.0. The van der Waals surface area contributed by atoms with Gasteiger partial charge in [-0.3, -0.25) is 0 Å². The number of piperidine rings is 1. The molecular formula is C15H21N5O2S. The van der Waals surface area contributed by atoms with Crippen molar-refractivity contribution in [1.82, 2.24) is 23.8 Å². The fourth-order valence-corrected chi connectivity index (χ4v) is 4.08. The van der Waals surface area contributed by atoms with Crippen LogP contribution in [-0.2, 0) is 16.8 Å². The van der Waals surface area contributed by atoms with Gasteiger partial charge >= 0.3 is 0 Å². The minimum Gasteiger partial charge on any atom is -0.237 e. The summed E-state index contributed by atoms with van der Waals surface area (Å²) in [6, 6.07) is 5.44. The molecule has 124 valence electrons. The van der Waals surface area contributed by atoms with E-state index in [-0.39, 0.29) is 6.54 Å². The molecule has 1 saturated heterocycles. The minimum absolute atomic E-state index is 0.240. The summed E-state index contributed by atoms with van der Waals surface area (Å²) in [4.78, 5) is 4.24. The molecule has 0 bridgehead atoms. The summed E-state index contributed by atoms with van der Waals surface area (Å²) in [6.45, 7) is 3.50. The second-order valence-corrected chi connectivity index (χ2v) is 7.66. The molecule has 1 aliphatic heterocycles. The van der Waals surface area contributed by atoms with E-state index in [0.717, 1.165) is 18.4 Å². The lowest BCUT2D eigenvalue weighted by Crippen LogP contribution is -2.45. The topological polar surface area (TPSA) is 80.1 Å². The number of hydrogen-bond donors (Lipinski definition) is 1. The highest BCUT2D eigenvalue weighted by Crippen LogP contribution is 2.18. The third-order valence-corrected chi connectivity index (χ3v) is 5.49. The summed E-state index contributed by atoms with van der Waals surface area (Å²) < 4.78 is 30.7. The summed E-state index contributed by atoms with van der Waals surface area (Å²) in [5.74, 6) is 1.07. The molecule has 0 amide bonds. The van der Waals surface area contributed by atoms with Crippen LogP contribution in [0.5, 0.6) is 0 Å². The van der Waals surface area contributed by atoms with E-state index in [1.165, 1.54) is 4.31 Å². The second-order valence-electron chi connectivity index (χ2n) is 5.90. The molecule has 0 aliphatic carbocycles. The Labute approximate surface area is 136 Å². The zero-order chi connectivity index (χ0) is 16.3. The standard InChI is InChI=1S/C15H21N5O2S/c1-13-4-2-8-19(12-13)23(21,22)18-11-14-5-7-16-15(10-14)20-9-3-6-17-20/h3,5-7,9-10,13,18H,2,4,8,11-12H2,1H3/t13-/m0/s1. The summed E-state index contributed by atoms with van der Waals surface area (Å²) in [6.07, 6.45) is 7.13. The van der Waals surface area contributed by atoms with Crippen molar-refractivity contribution in [2.75, 3.05) is 13.1 Å². The van der Waals surface area contributed by atoms with Crippen LogP contribution in [0.4, 0.5) is 0 Å². The van der Waals surface area contributed by atoms with Gasteiger partial charge in [-0.25, -0.2) is 9.67 Å². The van der Waals surface area contributed by atoms with E-state index >= 15 is 0 Å². The van der Waals surface area contributed by atoms with Gasteiger partial charge in [0.25, 0.3) is 10.2 Å². The van der Waals surface area contributed by atoms with Crippen molar-refractivity contribution in [1.29, 1.82) is 0 Å². The molecule has 2 aromatic heterocycles. The van der Waals surface area contributed by atoms with Crippen LogP contribution in [0.1, 0.15) is 25.3 Å². The van der Waals surface area contributed by atoms with Gasteiger partial charge in [0.05, 0.1) is 0 Å². The zero-order valence-electron chi connectivity index (χ0n) is 13.1. The summed E-state index contributed by atoms with van der Waals surface area (Å²) in [5.41, 5.74) is 0.846. The quantitative estimate of drug-likeness (QED) is 0.894. The Hall–Kier alpha value is -1.77. The number of pyridine rings is 1. The first-order valence-electron chi connectivity index (χ1n) is 7.74. The summed E-state index contributed by atoms with van der Waals surface area (Å²) in [7, 11) is -3.44. The summed E-state index contributed by atoms with van der Waals surface area (Å²) in [5, 5.41) is 4.13. The lowest BCUT2D eigenvalue weighted by molar-refractivity contribution is 0.278. The average Bonchev–Trinajstić information content (AvgIpc) is 3.08. The first-order valence-corrected chi connectivity index (χ1v) is 9.18. The van der Waals surface area contributed by atoms with Gasteiger partial charge in [0, 0.05) is 38.2 Å². The van der Waals surface area contributed by atoms with Crippen LogP contribution in [0.2, 0.25) is 0 Å². The fourth-order valence-electron chi connectivity index (χ4n) is 2.73. The van der Waals surface area contributed by atoms with E-state index < -0.39 is 10.2 Å². The number of hydrogen-bond acceptors (Lipinski definition) is 4. The molecule has 3 rings (SSSR count). The van der Waals surface area contributed by atoms with Gasteiger partial charge in [0.2, 0.25) is 0 Å². The molecule has 0 radical (unpaired) electrons.